The summed E-state index contributed by atoms with van der Waals surface area (Å²) >= 11 is 4.02. The van der Waals surface area contributed by atoms with Gasteiger partial charge in [0.15, 0.2) is 0 Å². The molecule has 0 aromatic heterocycles. The van der Waals surface area contributed by atoms with Crippen LogP contribution < -0.4 is 0 Å². The van der Waals surface area contributed by atoms with Crippen molar-refractivity contribution >= 4 is 12.6 Å². The lowest BCUT2D eigenvalue weighted by molar-refractivity contribution is 0.237. The first-order valence-corrected chi connectivity index (χ1v) is 3.20. The van der Waals surface area contributed by atoms with Crippen molar-refractivity contribution in [3.05, 3.63) is 0 Å². The van der Waals surface area contributed by atoms with E-state index in [2.05, 4.69) is 19.6 Å². The Balaban J connectivity index is 2.99. The first kappa shape index (κ1) is 7.31. The lowest BCUT2D eigenvalue weighted by Crippen LogP contribution is -2.04. The maximum atomic E-state index is 8.48. The highest BCUT2D eigenvalue weighted by Gasteiger charge is 1.97. The van der Waals surface area contributed by atoms with Gasteiger partial charge >= 0.3 is 0 Å². The molecule has 0 aromatic rings. The maximum Gasteiger partial charge on any atom is 0.0466 e. The average Bonchev–Trinajstić information content (AvgIpc) is 1.72. The molecule has 0 heterocycles. The van der Waals surface area contributed by atoms with Crippen LogP contribution in [-0.2, 0) is 0 Å². The summed E-state index contributed by atoms with van der Waals surface area (Å²) < 4.78 is 0. The molecule has 0 rings (SSSR count). The Morgan fingerprint density at radius 1 is 1.71 bits per heavy atom. The zero-order valence-corrected chi connectivity index (χ0v) is 5.49. The normalized spacial score (nSPS) is 14.1. The smallest absolute Gasteiger partial charge is 0.0466 e. The van der Waals surface area contributed by atoms with Gasteiger partial charge in [-0.05, 0) is 11.7 Å². The summed E-state index contributed by atoms with van der Waals surface area (Å²) in [6.45, 7) is 2.33. The molecule has 1 N–H and O–H groups in total. The van der Waals surface area contributed by atoms with Gasteiger partial charge in [-0.2, -0.15) is 12.6 Å². The molecule has 0 saturated heterocycles. The summed E-state index contributed by atoms with van der Waals surface area (Å²) in [6.07, 6.45) is 1.03. The third kappa shape index (κ3) is 2.94. The average molecular weight is 120 g/mol. The molecular weight excluding hydrogens is 108 g/mol. The quantitative estimate of drug-likeness (QED) is 0.531. The van der Waals surface area contributed by atoms with Crippen LogP contribution in [0.4, 0.5) is 0 Å². The van der Waals surface area contributed by atoms with Crippen LogP contribution in [0.5, 0.6) is 0 Å². The second kappa shape index (κ2) is 4.47. The van der Waals surface area contributed by atoms with Crippen LogP contribution in [-0.4, -0.2) is 17.5 Å². The number of rotatable bonds is 3. The number of thiol groups is 1. The highest BCUT2D eigenvalue weighted by Crippen LogP contribution is 2.01. The van der Waals surface area contributed by atoms with Gasteiger partial charge in [-0.3, -0.25) is 0 Å². The van der Waals surface area contributed by atoms with Crippen LogP contribution in [0, 0.1) is 5.92 Å². The monoisotopic (exact) mass is 120 g/mol. The number of aliphatic hydroxyl groups excluding tert-OH is 1. The molecule has 1 atom stereocenters. The highest BCUT2D eigenvalue weighted by molar-refractivity contribution is 7.80. The molecule has 0 saturated carbocycles. The van der Waals surface area contributed by atoms with Crippen LogP contribution in [0.1, 0.15) is 13.3 Å². The summed E-state index contributed by atoms with van der Waals surface area (Å²) in [5, 5.41) is 8.48. The molecule has 0 aliphatic rings. The van der Waals surface area contributed by atoms with E-state index in [1.165, 1.54) is 0 Å². The molecule has 0 amide bonds. The molecule has 0 aromatic carbocycles. The lowest BCUT2D eigenvalue weighted by atomic mass is 10.1. The first-order chi connectivity index (χ1) is 3.35. The van der Waals surface area contributed by atoms with Crippen LogP contribution >= 0.6 is 12.6 Å². The van der Waals surface area contributed by atoms with Gasteiger partial charge in [-0.1, -0.05) is 13.3 Å². The second-order valence-electron chi connectivity index (χ2n) is 1.64. The van der Waals surface area contributed by atoms with Gasteiger partial charge < -0.3 is 5.11 Å². The molecule has 1 unspecified atom stereocenters. The van der Waals surface area contributed by atoms with Crippen molar-refractivity contribution in [2.45, 2.75) is 13.3 Å². The minimum atomic E-state index is 0.278. The Labute approximate surface area is 50.1 Å². The fourth-order valence-electron chi connectivity index (χ4n) is 0.316. The number of hydrogen-bond donors (Lipinski definition) is 2. The number of hydrogen-bond acceptors (Lipinski definition) is 2. The molecule has 0 fully saturated rings. The third-order valence-electron chi connectivity index (χ3n) is 1.09. The van der Waals surface area contributed by atoms with Crippen molar-refractivity contribution in [1.29, 1.82) is 0 Å². The van der Waals surface area contributed by atoms with Crippen LogP contribution in [0.25, 0.3) is 0 Å². The summed E-state index contributed by atoms with van der Waals surface area (Å²) in [6, 6.07) is 0. The van der Waals surface area contributed by atoms with Gasteiger partial charge in [-0.25, -0.2) is 0 Å². The van der Waals surface area contributed by atoms with Crippen LogP contribution in [0.15, 0.2) is 0 Å². The van der Waals surface area contributed by atoms with Crippen LogP contribution in [0.2, 0.25) is 0 Å². The van der Waals surface area contributed by atoms with E-state index in [1.807, 2.05) is 0 Å². The first-order valence-electron chi connectivity index (χ1n) is 2.56. The van der Waals surface area contributed by atoms with Crippen molar-refractivity contribution in [2.24, 2.45) is 5.92 Å². The standard InChI is InChI=1S/C5H12OS/c1-2-5(3-6)4-7/h5-7H,2-4H2,1H3. The highest BCUT2D eigenvalue weighted by atomic mass is 32.1. The van der Waals surface area contributed by atoms with E-state index >= 15 is 0 Å². The minimum absolute atomic E-state index is 0.278. The van der Waals surface area contributed by atoms with E-state index in [9.17, 15) is 0 Å². The maximum absolute atomic E-state index is 8.48. The summed E-state index contributed by atoms with van der Waals surface area (Å²) in [4.78, 5) is 0. The molecule has 0 aliphatic carbocycles. The summed E-state index contributed by atoms with van der Waals surface area (Å²) in [5.41, 5.74) is 0. The summed E-state index contributed by atoms with van der Waals surface area (Å²) in [5.74, 6) is 1.20. The van der Waals surface area contributed by atoms with Crippen molar-refractivity contribution in [3.8, 4) is 0 Å². The van der Waals surface area contributed by atoms with Crippen molar-refractivity contribution in [2.75, 3.05) is 12.4 Å². The molecule has 0 radical (unpaired) electrons. The topological polar surface area (TPSA) is 20.2 Å². The predicted octanol–water partition coefficient (Wildman–Crippen LogP) is 0.935. The molecular formula is C5H12OS. The molecule has 0 aliphatic heterocycles. The molecule has 0 bridgehead atoms. The van der Waals surface area contributed by atoms with E-state index in [1.54, 1.807) is 0 Å². The fraction of sp³-hybridized carbons (Fsp3) is 1.00. The Morgan fingerprint density at radius 3 is 2.29 bits per heavy atom. The SMILES string of the molecule is CCC(CO)CS. The van der Waals surface area contributed by atoms with Gasteiger partial charge in [-0.15, -0.1) is 0 Å². The van der Waals surface area contributed by atoms with E-state index in [-0.39, 0.29) is 6.61 Å². The molecule has 44 valence electrons. The van der Waals surface area contributed by atoms with Gasteiger partial charge in [0.25, 0.3) is 0 Å². The lowest BCUT2D eigenvalue weighted by Gasteiger charge is -2.03. The van der Waals surface area contributed by atoms with Gasteiger partial charge in [0.2, 0.25) is 0 Å². The van der Waals surface area contributed by atoms with Crippen LogP contribution in [0.3, 0.4) is 0 Å². The Hall–Kier alpha value is 0.310. The third-order valence-corrected chi connectivity index (χ3v) is 1.61. The Bertz CT molecular complexity index is 29.6. The zero-order valence-electron chi connectivity index (χ0n) is 4.59. The molecule has 7 heavy (non-hydrogen) atoms. The fourth-order valence-corrected chi connectivity index (χ4v) is 0.690. The molecule has 1 nitrogen and oxygen atoms in total. The van der Waals surface area contributed by atoms with E-state index in [0.29, 0.717) is 5.92 Å². The minimum Gasteiger partial charge on any atom is -0.396 e. The molecule has 0 spiro atoms. The van der Waals surface area contributed by atoms with E-state index in [4.69, 9.17) is 5.11 Å². The van der Waals surface area contributed by atoms with E-state index in [0.717, 1.165) is 12.2 Å². The van der Waals surface area contributed by atoms with Crippen molar-refractivity contribution in [1.82, 2.24) is 0 Å². The van der Waals surface area contributed by atoms with Gasteiger partial charge in [0.1, 0.15) is 0 Å². The predicted molar refractivity (Wildman–Crippen MR) is 34.7 cm³/mol. The Kier molecular flexibility index (Phi) is 4.67. The van der Waals surface area contributed by atoms with Gasteiger partial charge in [0.05, 0.1) is 0 Å². The Morgan fingerprint density at radius 2 is 2.29 bits per heavy atom. The van der Waals surface area contributed by atoms with Crippen molar-refractivity contribution < 1.29 is 5.11 Å². The van der Waals surface area contributed by atoms with Gasteiger partial charge in [0, 0.05) is 6.61 Å². The number of aliphatic hydroxyl groups is 1. The van der Waals surface area contributed by atoms with E-state index < -0.39 is 0 Å². The molecule has 2 heteroatoms. The zero-order chi connectivity index (χ0) is 5.70. The second-order valence-corrected chi connectivity index (χ2v) is 2.00. The summed E-state index contributed by atoms with van der Waals surface area (Å²) in [7, 11) is 0. The largest absolute Gasteiger partial charge is 0.396 e. The van der Waals surface area contributed by atoms with Crippen molar-refractivity contribution in [3.63, 3.8) is 0 Å².